The Labute approximate surface area is 116 Å². The number of likely N-dealkylation sites (N-methyl/N-ethyl adjacent to an activating group) is 1. The summed E-state index contributed by atoms with van der Waals surface area (Å²) in [6.07, 6.45) is 0.225. The van der Waals surface area contributed by atoms with E-state index in [9.17, 15) is 0 Å². The fourth-order valence-electron chi connectivity index (χ4n) is 2.96. The summed E-state index contributed by atoms with van der Waals surface area (Å²) in [6.45, 7) is 9.42. The molecule has 2 unspecified atom stereocenters. The number of hydrogen-bond acceptors (Lipinski definition) is 3. The van der Waals surface area contributed by atoms with Gasteiger partial charge in [-0.3, -0.25) is 4.90 Å². The maximum Gasteiger partial charge on any atom is 0.0896 e. The molecule has 0 saturated carbocycles. The van der Waals surface area contributed by atoms with E-state index in [1.165, 1.54) is 11.1 Å². The summed E-state index contributed by atoms with van der Waals surface area (Å²) in [6, 6.07) is 9.70. The van der Waals surface area contributed by atoms with Crippen LogP contribution in [-0.2, 0) is 4.74 Å². The highest BCUT2D eigenvalue weighted by atomic mass is 16.5. The van der Waals surface area contributed by atoms with E-state index in [0.717, 1.165) is 19.7 Å². The first-order valence-corrected chi connectivity index (χ1v) is 7.22. The molecule has 0 aromatic heterocycles. The second-order valence-corrected chi connectivity index (χ2v) is 5.66. The molecule has 19 heavy (non-hydrogen) atoms. The molecule has 2 rings (SSSR count). The van der Waals surface area contributed by atoms with E-state index in [-0.39, 0.29) is 6.10 Å². The molecule has 106 valence electrons. The molecule has 1 aliphatic heterocycles. The summed E-state index contributed by atoms with van der Waals surface area (Å²) in [5, 5.41) is 3.26. The van der Waals surface area contributed by atoms with Crippen LogP contribution < -0.4 is 5.32 Å². The molecule has 1 aromatic rings. The van der Waals surface area contributed by atoms with Crippen LogP contribution in [0.2, 0.25) is 0 Å². The first kappa shape index (κ1) is 14.5. The molecular weight excluding hydrogens is 236 g/mol. The lowest BCUT2D eigenvalue weighted by Gasteiger charge is -2.43. The third-order valence-electron chi connectivity index (χ3n) is 3.84. The van der Waals surface area contributed by atoms with Gasteiger partial charge in [-0.2, -0.15) is 0 Å². The zero-order valence-corrected chi connectivity index (χ0v) is 12.5. The van der Waals surface area contributed by atoms with Crippen molar-refractivity contribution in [2.24, 2.45) is 0 Å². The van der Waals surface area contributed by atoms with Crippen molar-refractivity contribution in [1.29, 1.82) is 0 Å². The monoisotopic (exact) mass is 262 g/mol. The van der Waals surface area contributed by atoms with Gasteiger partial charge in [0.15, 0.2) is 0 Å². The Balaban J connectivity index is 2.31. The van der Waals surface area contributed by atoms with Gasteiger partial charge >= 0.3 is 0 Å². The summed E-state index contributed by atoms with van der Waals surface area (Å²) in [7, 11) is 1.99. The van der Waals surface area contributed by atoms with Crippen LogP contribution in [0.5, 0.6) is 0 Å². The number of benzene rings is 1. The Hall–Kier alpha value is -0.900. The minimum absolute atomic E-state index is 0.225. The van der Waals surface area contributed by atoms with E-state index >= 15 is 0 Å². The Morgan fingerprint density at radius 1 is 1.42 bits per heavy atom. The van der Waals surface area contributed by atoms with Gasteiger partial charge in [-0.15, -0.1) is 0 Å². The smallest absolute Gasteiger partial charge is 0.0896 e. The van der Waals surface area contributed by atoms with Crippen molar-refractivity contribution in [2.45, 2.75) is 39.0 Å². The lowest BCUT2D eigenvalue weighted by Crippen LogP contribution is -2.51. The molecular formula is C16H26N2O. The maximum absolute atomic E-state index is 6.00. The zero-order valence-electron chi connectivity index (χ0n) is 12.5. The maximum atomic E-state index is 6.00. The Bertz CT molecular complexity index is 403. The van der Waals surface area contributed by atoms with Gasteiger partial charge in [0.2, 0.25) is 0 Å². The number of aryl methyl sites for hydroxylation is 1. The topological polar surface area (TPSA) is 24.5 Å². The second kappa shape index (κ2) is 6.51. The summed E-state index contributed by atoms with van der Waals surface area (Å²) in [5.41, 5.74) is 2.68. The van der Waals surface area contributed by atoms with Gasteiger partial charge in [-0.1, -0.05) is 29.8 Å². The fraction of sp³-hybridized carbons (Fsp3) is 0.625. The van der Waals surface area contributed by atoms with Crippen molar-refractivity contribution < 1.29 is 4.74 Å². The van der Waals surface area contributed by atoms with Gasteiger partial charge in [-0.05, 0) is 33.4 Å². The first-order valence-electron chi connectivity index (χ1n) is 7.22. The molecule has 0 amide bonds. The molecule has 0 aliphatic carbocycles. The van der Waals surface area contributed by atoms with Crippen LogP contribution in [0.4, 0.5) is 0 Å². The van der Waals surface area contributed by atoms with Crippen molar-refractivity contribution in [3.8, 4) is 0 Å². The van der Waals surface area contributed by atoms with Crippen LogP contribution >= 0.6 is 0 Å². The number of hydrogen-bond donors (Lipinski definition) is 1. The van der Waals surface area contributed by atoms with Crippen molar-refractivity contribution >= 4 is 0 Å². The van der Waals surface area contributed by atoms with E-state index in [1.54, 1.807) is 0 Å². The minimum Gasteiger partial charge on any atom is -0.374 e. The molecule has 3 heteroatoms. The van der Waals surface area contributed by atoms with Crippen molar-refractivity contribution in [1.82, 2.24) is 10.2 Å². The van der Waals surface area contributed by atoms with E-state index in [4.69, 9.17) is 4.74 Å². The molecule has 1 saturated heterocycles. The third-order valence-corrected chi connectivity index (χ3v) is 3.84. The summed E-state index contributed by atoms with van der Waals surface area (Å²) in [4.78, 5) is 2.56. The van der Waals surface area contributed by atoms with Gasteiger partial charge in [-0.25, -0.2) is 0 Å². The Morgan fingerprint density at radius 2 is 2.21 bits per heavy atom. The molecule has 2 atom stereocenters. The van der Waals surface area contributed by atoms with E-state index < -0.39 is 0 Å². The van der Waals surface area contributed by atoms with Crippen LogP contribution in [-0.4, -0.2) is 43.8 Å². The SMILES string of the molecule is CNCC1OCCN(C(C)C)C1c1cccc(C)c1. The molecule has 1 N–H and O–H groups in total. The van der Waals surface area contributed by atoms with E-state index in [0.29, 0.717) is 12.1 Å². The van der Waals surface area contributed by atoms with E-state index in [1.807, 2.05) is 7.05 Å². The van der Waals surface area contributed by atoms with Gasteiger partial charge in [0.25, 0.3) is 0 Å². The van der Waals surface area contributed by atoms with Crippen LogP contribution in [0.1, 0.15) is 31.0 Å². The number of ether oxygens (including phenoxy) is 1. The third kappa shape index (κ3) is 3.35. The molecule has 0 bridgehead atoms. The van der Waals surface area contributed by atoms with Crippen LogP contribution in [0.15, 0.2) is 24.3 Å². The van der Waals surface area contributed by atoms with E-state index in [2.05, 4.69) is 55.3 Å². The summed E-state index contributed by atoms with van der Waals surface area (Å²) >= 11 is 0. The van der Waals surface area contributed by atoms with Gasteiger partial charge in [0.1, 0.15) is 0 Å². The quantitative estimate of drug-likeness (QED) is 0.901. The van der Waals surface area contributed by atoms with Crippen molar-refractivity contribution in [3.05, 3.63) is 35.4 Å². The molecule has 3 nitrogen and oxygen atoms in total. The number of morpholine rings is 1. The van der Waals surface area contributed by atoms with Gasteiger partial charge in [0.05, 0.1) is 18.8 Å². The lowest BCUT2D eigenvalue weighted by molar-refractivity contribution is -0.0815. The van der Waals surface area contributed by atoms with Crippen molar-refractivity contribution in [2.75, 3.05) is 26.7 Å². The fourth-order valence-corrected chi connectivity index (χ4v) is 2.96. The normalized spacial score (nSPS) is 24.9. The number of rotatable bonds is 4. The highest BCUT2D eigenvalue weighted by Crippen LogP contribution is 2.31. The molecule has 0 spiro atoms. The van der Waals surface area contributed by atoms with Gasteiger partial charge in [0, 0.05) is 19.1 Å². The molecule has 0 radical (unpaired) electrons. The average molecular weight is 262 g/mol. The highest BCUT2D eigenvalue weighted by molar-refractivity contribution is 5.26. The predicted molar refractivity (Wildman–Crippen MR) is 79.4 cm³/mol. The predicted octanol–water partition coefficient (Wildman–Crippen LogP) is 2.36. The molecule has 1 fully saturated rings. The van der Waals surface area contributed by atoms with Gasteiger partial charge < -0.3 is 10.1 Å². The Kier molecular flexibility index (Phi) is 4.97. The Morgan fingerprint density at radius 3 is 2.84 bits per heavy atom. The number of nitrogens with one attached hydrogen (secondary N) is 1. The summed E-state index contributed by atoms with van der Waals surface area (Å²) < 4.78 is 6.00. The van der Waals surface area contributed by atoms with Crippen molar-refractivity contribution in [3.63, 3.8) is 0 Å². The highest BCUT2D eigenvalue weighted by Gasteiger charge is 2.34. The van der Waals surface area contributed by atoms with Crippen LogP contribution in [0, 0.1) is 6.92 Å². The average Bonchev–Trinajstić information content (AvgIpc) is 2.38. The zero-order chi connectivity index (χ0) is 13.8. The largest absolute Gasteiger partial charge is 0.374 e. The summed E-state index contributed by atoms with van der Waals surface area (Å²) in [5.74, 6) is 0. The standard InChI is InChI=1S/C16H26N2O/c1-12(2)18-8-9-19-15(11-17-4)16(18)14-7-5-6-13(3)10-14/h5-7,10,12,15-17H,8-9,11H2,1-4H3. The number of nitrogens with zero attached hydrogens (tertiary/aromatic N) is 1. The van der Waals surface area contributed by atoms with Crippen LogP contribution in [0.3, 0.4) is 0 Å². The van der Waals surface area contributed by atoms with Crippen LogP contribution in [0.25, 0.3) is 0 Å². The second-order valence-electron chi connectivity index (χ2n) is 5.66. The minimum atomic E-state index is 0.225. The lowest BCUT2D eigenvalue weighted by atomic mass is 9.95. The molecule has 1 aliphatic rings. The molecule has 1 aromatic carbocycles. The first-order chi connectivity index (χ1) is 9.13. The molecule has 1 heterocycles.